The largest absolute Gasteiger partial charge is 0.494 e. The molecule has 10 heteroatoms. The number of esters is 2. The van der Waals surface area contributed by atoms with Gasteiger partial charge in [0.15, 0.2) is 23.5 Å². The Kier molecular flexibility index (Phi) is 38.1. The maximum absolute atomic E-state index is 12.3. The smallest absolute Gasteiger partial charge is 0.305 e. The molecule has 0 aliphatic carbocycles. The van der Waals surface area contributed by atoms with Crippen molar-refractivity contribution in [2.45, 2.75) is 297 Å². The Hall–Kier alpha value is -3.30. The molecule has 0 atom stereocenters. The lowest BCUT2D eigenvalue weighted by molar-refractivity contribution is -0.145. The molecule has 0 saturated carbocycles. The summed E-state index contributed by atoms with van der Waals surface area (Å²) in [5.74, 6) is -0.426. The van der Waals surface area contributed by atoms with E-state index < -0.39 is 0 Å². The van der Waals surface area contributed by atoms with Gasteiger partial charge in [0.2, 0.25) is 0 Å². The van der Waals surface area contributed by atoms with Gasteiger partial charge in [-0.3, -0.25) is 18.7 Å². The molecular formula is C58H104N2O8. The first-order chi connectivity index (χ1) is 33.3. The van der Waals surface area contributed by atoms with E-state index in [4.69, 9.17) is 9.47 Å². The van der Waals surface area contributed by atoms with Crippen molar-refractivity contribution in [3.63, 3.8) is 0 Å². The highest BCUT2D eigenvalue weighted by molar-refractivity contribution is 5.69. The van der Waals surface area contributed by atoms with E-state index >= 15 is 0 Å². The normalized spacial score (nSPS) is 11.5. The molecule has 394 valence electrons. The Bertz CT molecular complexity index is 1390. The van der Waals surface area contributed by atoms with Crippen LogP contribution in [0.5, 0.6) is 23.5 Å². The standard InChI is InChI=1S/C58H104N2O8/c1-3-5-7-9-11-13-15-17-19-21-23-25-27-29-33-37-41-51-49-53(61)59(57(51)65)45-47-67-55(63)43-39-35-31-32-36-40-44-56(64)68-48-46-60-54(62)50-52(58(60)66)42-38-34-30-28-26-24-22-20-18-16-14-12-10-8-6-4-2/h49-50,61-62,65-66H,3-48H2,1-2H3. The molecule has 0 saturated heterocycles. The van der Waals surface area contributed by atoms with Gasteiger partial charge in [-0.2, -0.15) is 0 Å². The minimum atomic E-state index is -0.277. The third kappa shape index (κ3) is 31.0. The molecule has 0 radical (unpaired) electrons. The zero-order chi connectivity index (χ0) is 49.1. The Labute approximate surface area is 415 Å². The molecule has 0 bridgehead atoms. The first-order valence-electron chi connectivity index (χ1n) is 28.8. The van der Waals surface area contributed by atoms with E-state index in [-0.39, 0.29) is 61.8 Å². The van der Waals surface area contributed by atoms with Gasteiger partial charge in [-0.25, -0.2) is 0 Å². The minimum absolute atomic E-state index is 0.0000797. The van der Waals surface area contributed by atoms with Crippen molar-refractivity contribution in [1.82, 2.24) is 9.13 Å². The Balaban J connectivity index is 1.40. The van der Waals surface area contributed by atoms with Gasteiger partial charge >= 0.3 is 11.9 Å². The van der Waals surface area contributed by atoms with E-state index in [1.165, 1.54) is 189 Å². The molecule has 10 nitrogen and oxygen atoms in total. The highest BCUT2D eigenvalue weighted by atomic mass is 16.5. The van der Waals surface area contributed by atoms with Crippen LogP contribution in [0.1, 0.15) is 282 Å². The number of nitrogens with zero attached hydrogens (tertiary/aromatic N) is 2. The summed E-state index contributed by atoms with van der Waals surface area (Å²) < 4.78 is 13.6. The lowest BCUT2D eigenvalue weighted by atomic mass is 10.0. The monoisotopic (exact) mass is 957 g/mol. The number of carbonyl (C=O) groups excluding carboxylic acids is 2. The van der Waals surface area contributed by atoms with Crippen LogP contribution in [0, 0.1) is 0 Å². The highest BCUT2D eigenvalue weighted by Crippen LogP contribution is 2.30. The summed E-state index contributed by atoms with van der Waals surface area (Å²) in [7, 11) is 0. The predicted octanol–water partition coefficient (Wildman–Crippen LogP) is 16.6. The van der Waals surface area contributed by atoms with Crippen LogP contribution in [0.4, 0.5) is 0 Å². The number of aryl methyl sites for hydroxylation is 2. The topological polar surface area (TPSA) is 143 Å². The third-order valence-electron chi connectivity index (χ3n) is 14.0. The number of hydrogen-bond acceptors (Lipinski definition) is 8. The summed E-state index contributed by atoms with van der Waals surface area (Å²) in [4.78, 5) is 24.6. The van der Waals surface area contributed by atoms with Crippen molar-refractivity contribution < 1.29 is 39.5 Å². The number of hydrogen-bond donors (Lipinski definition) is 4. The average Bonchev–Trinajstić information content (AvgIpc) is 3.76. The molecule has 2 rings (SSSR count). The van der Waals surface area contributed by atoms with Crippen molar-refractivity contribution in [2.24, 2.45) is 0 Å². The highest BCUT2D eigenvalue weighted by Gasteiger charge is 2.16. The Morgan fingerprint density at radius 3 is 0.868 bits per heavy atom. The maximum Gasteiger partial charge on any atom is 0.305 e. The molecule has 0 aromatic carbocycles. The quantitative estimate of drug-likeness (QED) is 0.0379. The minimum Gasteiger partial charge on any atom is -0.494 e. The van der Waals surface area contributed by atoms with E-state index in [1.54, 1.807) is 12.1 Å². The van der Waals surface area contributed by atoms with Crippen molar-refractivity contribution in [1.29, 1.82) is 0 Å². The molecule has 0 spiro atoms. The van der Waals surface area contributed by atoms with Crippen LogP contribution in [-0.4, -0.2) is 54.7 Å². The van der Waals surface area contributed by atoms with Gasteiger partial charge in [-0.15, -0.1) is 0 Å². The molecule has 2 aromatic rings. The van der Waals surface area contributed by atoms with Crippen LogP contribution >= 0.6 is 0 Å². The third-order valence-corrected chi connectivity index (χ3v) is 14.0. The van der Waals surface area contributed by atoms with E-state index in [0.29, 0.717) is 12.8 Å². The van der Waals surface area contributed by atoms with Gasteiger partial charge in [-0.05, 0) is 38.5 Å². The first-order valence-corrected chi connectivity index (χ1v) is 28.8. The molecule has 0 aliphatic heterocycles. The lowest BCUT2D eigenvalue weighted by Gasteiger charge is -2.09. The summed E-state index contributed by atoms with van der Waals surface area (Å²) in [6, 6.07) is 3.26. The predicted molar refractivity (Wildman–Crippen MR) is 281 cm³/mol. The fourth-order valence-corrected chi connectivity index (χ4v) is 9.59. The van der Waals surface area contributed by atoms with E-state index in [0.717, 1.165) is 88.2 Å². The van der Waals surface area contributed by atoms with Gasteiger partial charge in [0.05, 0.1) is 13.1 Å². The fraction of sp³-hybridized carbons (Fsp3) is 0.828. The van der Waals surface area contributed by atoms with E-state index in [2.05, 4.69) is 13.8 Å². The number of carbonyl (C=O) groups is 2. The molecule has 68 heavy (non-hydrogen) atoms. The second kappa shape index (κ2) is 42.6. The number of rotatable bonds is 49. The van der Waals surface area contributed by atoms with Crippen molar-refractivity contribution in [2.75, 3.05) is 13.2 Å². The molecule has 4 N–H and O–H groups in total. The molecule has 0 fully saturated rings. The van der Waals surface area contributed by atoms with E-state index in [1.807, 2.05) is 0 Å². The summed E-state index contributed by atoms with van der Waals surface area (Å²) in [5.41, 5.74) is 1.49. The van der Waals surface area contributed by atoms with Gasteiger partial charge in [0.1, 0.15) is 13.2 Å². The summed E-state index contributed by atoms with van der Waals surface area (Å²) in [6.07, 6.45) is 49.4. The molecular weight excluding hydrogens is 853 g/mol. The average molecular weight is 957 g/mol. The maximum atomic E-state index is 12.3. The van der Waals surface area contributed by atoms with Crippen molar-refractivity contribution in [3.05, 3.63) is 23.3 Å². The summed E-state index contributed by atoms with van der Waals surface area (Å²) >= 11 is 0. The van der Waals surface area contributed by atoms with Crippen LogP contribution in [0.25, 0.3) is 0 Å². The zero-order valence-electron chi connectivity index (χ0n) is 44.0. The summed E-state index contributed by atoms with van der Waals surface area (Å²) in [6.45, 7) is 5.16. The number of ether oxygens (including phenoxy) is 2. The second-order valence-corrected chi connectivity index (χ2v) is 20.2. The molecule has 0 aliphatic rings. The second-order valence-electron chi connectivity index (χ2n) is 20.2. The molecule has 0 amide bonds. The molecule has 2 heterocycles. The number of aromatic hydroxyl groups is 4. The lowest BCUT2D eigenvalue weighted by Crippen LogP contribution is -2.11. The first kappa shape index (κ1) is 60.8. The van der Waals surface area contributed by atoms with Crippen LogP contribution in [0.3, 0.4) is 0 Å². The van der Waals surface area contributed by atoms with Gasteiger partial charge in [-0.1, -0.05) is 232 Å². The van der Waals surface area contributed by atoms with Crippen LogP contribution in [0.2, 0.25) is 0 Å². The van der Waals surface area contributed by atoms with Crippen LogP contribution in [0.15, 0.2) is 12.1 Å². The molecule has 2 aromatic heterocycles. The van der Waals surface area contributed by atoms with Crippen molar-refractivity contribution >= 4 is 11.9 Å². The SMILES string of the molecule is CCCCCCCCCCCCCCCCCCc1cc(O)n(CCOC(=O)CCCCCCCCC(=O)OCCn2c(O)cc(CCCCCCCCCCCCCCCCCC)c2O)c1O. The zero-order valence-corrected chi connectivity index (χ0v) is 44.0. The van der Waals surface area contributed by atoms with Crippen LogP contribution in [-0.2, 0) is 45.0 Å². The van der Waals surface area contributed by atoms with Gasteiger partial charge in [0.25, 0.3) is 0 Å². The number of unbranched alkanes of at least 4 members (excludes halogenated alkanes) is 35. The fourth-order valence-electron chi connectivity index (χ4n) is 9.59. The van der Waals surface area contributed by atoms with E-state index in [9.17, 15) is 30.0 Å². The van der Waals surface area contributed by atoms with Gasteiger partial charge < -0.3 is 29.9 Å². The van der Waals surface area contributed by atoms with Crippen molar-refractivity contribution in [3.8, 4) is 23.5 Å². The summed E-state index contributed by atoms with van der Waals surface area (Å²) in [5, 5.41) is 42.2. The molecule has 0 unspecified atom stereocenters. The Morgan fingerprint density at radius 2 is 0.603 bits per heavy atom. The number of aromatic nitrogens is 2. The van der Waals surface area contributed by atoms with Gasteiger partial charge in [0, 0.05) is 36.1 Å². The Morgan fingerprint density at radius 1 is 0.368 bits per heavy atom. The van der Waals surface area contributed by atoms with Crippen LogP contribution < -0.4 is 0 Å².